The van der Waals surface area contributed by atoms with Gasteiger partial charge in [0.15, 0.2) is 18.1 Å². The summed E-state index contributed by atoms with van der Waals surface area (Å²) in [5, 5.41) is 2.73. The second-order valence-electron chi connectivity index (χ2n) is 5.70. The van der Waals surface area contributed by atoms with Crippen molar-refractivity contribution >= 4 is 27.8 Å². The molecule has 0 aliphatic heterocycles. The number of amides is 1. The Labute approximate surface area is 160 Å². The van der Waals surface area contributed by atoms with Crippen LogP contribution in [0.3, 0.4) is 0 Å². The lowest BCUT2D eigenvalue weighted by Gasteiger charge is -2.13. The molecule has 0 atom stereocenters. The maximum Gasteiger partial charge on any atom is 0.343 e. The van der Waals surface area contributed by atoms with E-state index >= 15 is 0 Å². The van der Waals surface area contributed by atoms with E-state index in [2.05, 4.69) is 21.2 Å². The SMILES string of the molecule is COc1cc(C(=O)Oc2ccccc2Br)ccc1OCC(=O)NC(C)C. The molecule has 2 aromatic rings. The van der Waals surface area contributed by atoms with Crippen LogP contribution in [-0.2, 0) is 4.79 Å². The Morgan fingerprint density at radius 2 is 1.81 bits per heavy atom. The zero-order chi connectivity index (χ0) is 19.1. The van der Waals surface area contributed by atoms with Gasteiger partial charge in [0, 0.05) is 6.04 Å². The van der Waals surface area contributed by atoms with Gasteiger partial charge in [0.2, 0.25) is 0 Å². The van der Waals surface area contributed by atoms with E-state index in [4.69, 9.17) is 14.2 Å². The van der Waals surface area contributed by atoms with Crippen LogP contribution in [0.5, 0.6) is 17.2 Å². The van der Waals surface area contributed by atoms with Crippen molar-refractivity contribution in [3.8, 4) is 17.2 Å². The third-order valence-electron chi connectivity index (χ3n) is 3.25. The average molecular weight is 422 g/mol. The van der Waals surface area contributed by atoms with Gasteiger partial charge in [0.1, 0.15) is 5.75 Å². The Bertz CT molecular complexity index is 791. The molecule has 0 saturated heterocycles. The lowest BCUT2D eigenvalue weighted by Crippen LogP contribution is -2.34. The summed E-state index contributed by atoms with van der Waals surface area (Å²) in [6, 6.07) is 11.7. The first-order valence-electron chi connectivity index (χ1n) is 7.97. The van der Waals surface area contributed by atoms with Crippen LogP contribution < -0.4 is 19.5 Å². The summed E-state index contributed by atoms with van der Waals surface area (Å²) in [5.74, 6) is 0.355. The highest BCUT2D eigenvalue weighted by atomic mass is 79.9. The summed E-state index contributed by atoms with van der Waals surface area (Å²) in [7, 11) is 1.46. The average Bonchev–Trinajstić information content (AvgIpc) is 2.61. The Hall–Kier alpha value is -2.54. The van der Waals surface area contributed by atoms with Crippen LogP contribution >= 0.6 is 15.9 Å². The smallest absolute Gasteiger partial charge is 0.343 e. The summed E-state index contributed by atoms with van der Waals surface area (Å²) in [5.41, 5.74) is 0.302. The van der Waals surface area contributed by atoms with Crippen LogP contribution in [0.4, 0.5) is 0 Å². The van der Waals surface area contributed by atoms with Gasteiger partial charge in [0.25, 0.3) is 5.91 Å². The van der Waals surface area contributed by atoms with E-state index in [0.717, 1.165) is 0 Å². The number of methoxy groups -OCH3 is 1. The van der Waals surface area contributed by atoms with E-state index < -0.39 is 5.97 Å². The molecule has 0 fully saturated rings. The number of rotatable bonds is 7. The minimum absolute atomic E-state index is 0.0300. The Morgan fingerprint density at radius 3 is 2.46 bits per heavy atom. The second kappa shape index (κ2) is 9.24. The fourth-order valence-electron chi connectivity index (χ4n) is 2.11. The minimum atomic E-state index is -0.528. The molecule has 6 nitrogen and oxygen atoms in total. The lowest BCUT2D eigenvalue weighted by molar-refractivity contribution is -0.123. The topological polar surface area (TPSA) is 73.9 Å². The van der Waals surface area contributed by atoms with Crippen molar-refractivity contribution in [2.45, 2.75) is 19.9 Å². The van der Waals surface area contributed by atoms with Crippen molar-refractivity contribution in [1.82, 2.24) is 5.32 Å². The van der Waals surface area contributed by atoms with E-state index in [1.807, 2.05) is 19.9 Å². The van der Waals surface area contributed by atoms with Gasteiger partial charge in [-0.1, -0.05) is 12.1 Å². The van der Waals surface area contributed by atoms with E-state index in [-0.39, 0.29) is 18.6 Å². The van der Waals surface area contributed by atoms with Gasteiger partial charge in [-0.2, -0.15) is 0 Å². The van der Waals surface area contributed by atoms with Crippen LogP contribution in [0, 0.1) is 0 Å². The van der Waals surface area contributed by atoms with E-state index in [9.17, 15) is 9.59 Å². The quantitative estimate of drug-likeness (QED) is 0.546. The highest BCUT2D eigenvalue weighted by Gasteiger charge is 2.15. The Morgan fingerprint density at radius 1 is 1.08 bits per heavy atom. The molecule has 0 spiro atoms. The van der Waals surface area contributed by atoms with Crippen LogP contribution in [0.1, 0.15) is 24.2 Å². The number of hydrogen-bond donors (Lipinski definition) is 1. The second-order valence-corrected chi connectivity index (χ2v) is 6.55. The Balaban J connectivity index is 2.08. The van der Waals surface area contributed by atoms with Gasteiger partial charge < -0.3 is 19.5 Å². The predicted molar refractivity (Wildman–Crippen MR) is 101 cm³/mol. The first-order chi connectivity index (χ1) is 12.4. The van der Waals surface area contributed by atoms with Crippen LogP contribution in [-0.4, -0.2) is 31.6 Å². The van der Waals surface area contributed by atoms with E-state index in [1.165, 1.54) is 13.2 Å². The standard InChI is InChI=1S/C19H20BrNO5/c1-12(2)21-18(22)11-25-16-9-8-13(10-17(16)24-3)19(23)26-15-7-5-4-6-14(15)20/h4-10,12H,11H2,1-3H3,(H,21,22). The molecule has 0 radical (unpaired) electrons. The highest BCUT2D eigenvalue weighted by Crippen LogP contribution is 2.29. The van der Waals surface area contributed by atoms with Crippen LogP contribution in [0.15, 0.2) is 46.9 Å². The molecule has 26 heavy (non-hydrogen) atoms. The van der Waals surface area contributed by atoms with Crippen molar-refractivity contribution in [1.29, 1.82) is 0 Å². The van der Waals surface area contributed by atoms with Crippen molar-refractivity contribution in [2.75, 3.05) is 13.7 Å². The van der Waals surface area contributed by atoms with Crippen molar-refractivity contribution in [2.24, 2.45) is 0 Å². The maximum absolute atomic E-state index is 12.3. The normalized spacial score (nSPS) is 10.3. The minimum Gasteiger partial charge on any atom is -0.493 e. The van der Waals surface area contributed by atoms with Crippen LogP contribution in [0.2, 0.25) is 0 Å². The zero-order valence-electron chi connectivity index (χ0n) is 14.7. The summed E-state index contributed by atoms with van der Waals surface area (Å²) in [6.07, 6.45) is 0. The number of benzene rings is 2. The number of nitrogens with one attached hydrogen (secondary N) is 1. The lowest BCUT2D eigenvalue weighted by atomic mass is 10.2. The molecular weight excluding hydrogens is 402 g/mol. The first-order valence-corrected chi connectivity index (χ1v) is 8.77. The van der Waals surface area contributed by atoms with Crippen molar-refractivity contribution < 1.29 is 23.8 Å². The molecule has 0 aromatic heterocycles. The van der Waals surface area contributed by atoms with Crippen LogP contribution in [0.25, 0.3) is 0 Å². The fourth-order valence-corrected chi connectivity index (χ4v) is 2.47. The number of para-hydroxylation sites is 1. The molecule has 0 aliphatic rings. The van der Waals surface area contributed by atoms with Gasteiger partial charge in [-0.25, -0.2) is 4.79 Å². The molecular formula is C19H20BrNO5. The number of carbonyl (C=O) groups is 2. The molecule has 138 valence electrons. The monoisotopic (exact) mass is 421 g/mol. The Kier molecular flexibility index (Phi) is 7.03. The van der Waals surface area contributed by atoms with Gasteiger partial charge >= 0.3 is 5.97 Å². The molecule has 1 N–H and O–H groups in total. The highest BCUT2D eigenvalue weighted by molar-refractivity contribution is 9.10. The van der Waals surface area contributed by atoms with Crippen molar-refractivity contribution in [3.63, 3.8) is 0 Å². The number of esters is 1. The van der Waals surface area contributed by atoms with Gasteiger partial charge in [0.05, 0.1) is 17.1 Å². The molecule has 2 aromatic carbocycles. The third-order valence-corrected chi connectivity index (χ3v) is 3.90. The summed E-state index contributed by atoms with van der Waals surface area (Å²) >= 11 is 3.33. The molecule has 0 saturated carbocycles. The number of ether oxygens (including phenoxy) is 3. The summed E-state index contributed by atoms with van der Waals surface area (Å²) in [6.45, 7) is 3.59. The predicted octanol–water partition coefficient (Wildman–Crippen LogP) is 3.58. The van der Waals surface area contributed by atoms with Crippen molar-refractivity contribution in [3.05, 3.63) is 52.5 Å². The zero-order valence-corrected chi connectivity index (χ0v) is 16.3. The molecule has 0 aliphatic carbocycles. The molecule has 1 amide bonds. The molecule has 0 unspecified atom stereocenters. The van der Waals surface area contributed by atoms with Gasteiger partial charge in [-0.3, -0.25) is 4.79 Å². The number of halogens is 1. The molecule has 7 heteroatoms. The van der Waals surface area contributed by atoms with E-state index in [0.29, 0.717) is 27.3 Å². The number of hydrogen-bond acceptors (Lipinski definition) is 5. The number of carbonyl (C=O) groups excluding carboxylic acids is 2. The summed E-state index contributed by atoms with van der Waals surface area (Å²) in [4.78, 5) is 24.0. The largest absolute Gasteiger partial charge is 0.493 e. The third kappa shape index (κ3) is 5.49. The van der Waals surface area contributed by atoms with Gasteiger partial charge in [-0.05, 0) is 60.1 Å². The fraction of sp³-hybridized carbons (Fsp3) is 0.263. The maximum atomic E-state index is 12.3. The molecule has 0 bridgehead atoms. The van der Waals surface area contributed by atoms with Gasteiger partial charge in [-0.15, -0.1) is 0 Å². The summed E-state index contributed by atoms with van der Waals surface area (Å²) < 4.78 is 16.8. The molecule has 0 heterocycles. The van der Waals surface area contributed by atoms with E-state index in [1.54, 1.807) is 30.3 Å². The first kappa shape index (κ1) is 19.8. The molecule has 2 rings (SSSR count).